The van der Waals surface area contributed by atoms with Crippen molar-refractivity contribution in [3.05, 3.63) is 44.9 Å². The first-order valence-electron chi connectivity index (χ1n) is 9.85. The molecule has 0 aromatic heterocycles. The van der Waals surface area contributed by atoms with Crippen LogP contribution in [0.5, 0.6) is 5.75 Å². The Morgan fingerprint density at radius 3 is 2.19 bits per heavy atom. The Bertz CT molecular complexity index is 1080. The van der Waals surface area contributed by atoms with Crippen molar-refractivity contribution in [3.8, 4) is 5.75 Å². The summed E-state index contributed by atoms with van der Waals surface area (Å²) < 4.78 is 28.7. The Morgan fingerprint density at radius 2 is 1.61 bits per heavy atom. The van der Waals surface area contributed by atoms with Crippen molar-refractivity contribution in [1.82, 2.24) is 4.90 Å². The smallest absolute Gasteiger partial charge is 0.265 e. The molecule has 6 nitrogen and oxygen atoms in total. The third-order valence-electron chi connectivity index (χ3n) is 4.98. The minimum atomic E-state index is -4.13. The minimum Gasteiger partial charge on any atom is -0.505 e. The quantitative estimate of drug-likeness (QED) is 0.462. The van der Waals surface area contributed by atoms with Gasteiger partial charge in [-0.3, -0.25) is 4.72 Å². The molecule has 2 aromatic rings. The van der Waals surface area contributed by atoms with Crippen molar-refractivity contribution in [2.24, 2.45) is 5.41 Å². The molecule has 31 heavy (non-hydrogen) atoms. The molecule has 0 fully saturated rings. The summed E-state index contributed by atoms with van der Waals surface area (Å²) in [7, 11) is -0.0537. The summed E-state index contributed by atoms with van der Waals surface area (Å²) in [5.74, 6) is -0.537. The van der Waals surface area contributed by atoms with Gasteiger partial charge in [-0.1, -0.05) is 43.1 Å². The summed E-state index contributed by atoms with van der Waals surface area (Å²) >= 11 is 11.9. The maximum atomic E-state index is 13.1. The Morgan fingerprint density at radius 1 is 1.03 bits per heavy atom. The van der Waals surface area contributed by atoms with Gasteiger partial charge in [0.1, 0.15) is 4.90 Å². The van der Waals surface area contributed by atoms with Crippen molar-refractivity contribution in [2.75, 3.05) is 37.2 Å². The SMILES string of the molecule is Cc1cc(C)c(NS(=O)(=O)c2cc(Cl)cc(Cl)c2O)c(C)c1NCC(C)(C)CN(C)C. The number of halogens is 2. The van der Waals surface area contributed by atoms with Crippen LogP contribution < -0.4 is 10.0 Å². The molecule has 2 aromatic carbocycles. The topological polar surface area (TPSA) is 81.7 Å². The first kappa shape index (κ1) is 25.6. The van der Waals surface area contributed by atoms with Crippen molar-refractivity contribution in [1.29, 1.82) is 0 Å². The highest BCUT2D eigenvalue weighted by Crippen LogP contribution is 2.37. The number of sulfonamides is 1. The molecule has 0 spiro atoms. The second kappa shape index (κ2) is 9.45. The van der Waals surface area contributed by atoms with Gasteiger partial charge in [0.15, 0.2) is 5.75 Å². The Balaban J connectivity index is 2.43. The number of nitrogens with zero attached hydrogens (tertiary/aromatic N) is 1. The molecule has 0 aliphatic heterocycles. The van der Waals surface area contributed by atoms with E-state index in [2.05, 4.69) is 28.8 Å². The number of hydrogen-bond acceptors (Lipinski definition) is 5. The molecule has 0 amide bonds. The molecular weight excluding hydrogens is 457 g/mol. The van der Waals surface area contributed by atoms with Gasteiger partial charge in [-0.2, -0.15) is 0 Å². The molecule has 0 aliphatic carbocycles. The number of nitrogens with one attached hydrogen (secondary N) is 2. The Labute approximate surface area is 195 Å². The van der Waals surface area contributed by atoms with Gasteiger partial charge in [0.05, 0.1) is 10.7 Å². The van der Waals surface area contributed by atoms with Gasteiger partial charge in [0.2, 0.25) is 0 Å². The lowest BCUT2D eigenvalue weighted by Gasteiger charge is -2.30. The number of anilines is 2. The maximum Gasteiger partial charge on any atom is 0.265 e. The molecular formula is C22H31Cl2N3O3S. The monoisotopic (exact) mass is 487 g/mol. The predicted molar refractivity (Wildman–Crippen MR) is 130 cm³/mol. The van der Waals surface area contributed by atoms with Gasteiger partial charge in [-0.05, 0) is 69.1 Å². The Kier molecular flexibility index (Phi) is 7.80. The standard InChI is InChI=1S/C22H31Cl2N3O3S/c1-13-8-14(2)20(15(3)19(13)25-11-22(4,5)12-27(6)7)26-31(29,30)18-10-16(23)9-17(24)21(18)28/h8-10,25-26,28H,11-12H2,1-7H3. The van der Waals surface area contributed by atoms with E-state index >= 15 is 0 Å². The summed E-state index contributed by atoms with van der Waals surface area (Å²) in [5.41, 5.74) is 3.90. The summed E-state index contributed by atoms with van der Waals surface area (Å²) in [6, 6.07) is 4.39. The van der Waals surface area contributed by atoms with E-state index in [1.54, 1.807) is 0 Å². The largest absolute Gasteiger partial charge is 0.505 e. The number of benzene rings is 2. The Hall–Kier alpha value is -1.67. The molecule has 172 valence electrons. The van der Waals surface area contributed by atoms with Crippen LogP contribution in [0.15, 0.2) is 23.1 Å². The van der Waals surface area contributed by atoms with Crippen LogP contribution in [0.2, 0.25) is 10.0 Å². The number of aryl methyl sites for hydroxylation is 2. The fourth-order valence-corrected chi connectivity index (χ4v) is 5.74. The summed E-state index contributed by atoms with van der Waals surface area (Å²) in [5, 5.41) is 13.7. The van der Waals surface area contributed by atoms with E-state index in [-0.39, 0.29) is 20.4 Å². The van der Waals surface area contributed by atoms with Crippen LogP contribution in [-0.2, 0) is 10.0 Å². The van der Waals surface area contributed by atoms with Gasteiger partial charge in [0.25, 0.3) is 10.0 Å². The van der Waals surface area contributed by atoms with Crippen LogP contribution >= 0.6 is 23.2 Å². The average molecular weight is 488 g/mol. The lowest BCUT2D eigenvalue weighted by molar-refractivity contribution is 0.254. The summed E-state index contributed by atoms with van der Waals surface area (Å²) in [6.45, 7) is 11.7. The normalized spacial score (nSPS) is 12.3. The predicted octanol–water partition coefficient (Wildman–Crippen LogP) is 5.42. The molecule has 3 N–H and O–H groups in total. The number of hydrogen-bond donors (Lipinski definition) is 3. The molecule has 0 saturated heterocycles. The molecule has 0 saturated carbocycles. The second-order valence-corrected chi connectivity index (χ2v) is 11.5. The summed E-state index contributed by atoms with van der Waals surface area (Å²) in [4.78, 5) is 1.77. The third-order valence-corrected chi connectivity index (χ3v) is 6.85. The fraction of sp³-hybridized carbons (Fsp3) is 0.455. The first-order chi connectivity index (χ1) is 14.1. The molecule has 0 heterocycles. The van der Waals surface area contributed by atoms with Gasteiger partial charge in [-0.15, -0.1) is 0 Å². The van der Waals surface area contributed by atoms with E-state index < -0.39 is 15.8 Å². The number of phenols is 1. The van der Waals surface area contributed by atoms with Crippen LogP contribution in [-0.4, -0.2) is 45.6 Å². The molecule has 0 radical (unpaired) electrons. The highest BCUT2D eigenvalue weighted by Gasteiger charge is 2.25. The lowest BCUT2D eigenvalue weighted by Crippen LogP contribution is -2.34. The number of aromatic hydroxyl groups is 1. The van der Waals surface area contributed by atoms with Crippen LogP contribution in [0.3, 0.4) is 0 Å². The number of phenolic OH excluding ortho intramolecular Hbond substituents is 1. The molecule has 0 atom stereocenters. The van der Waals surface area contributed by atoms with Crippen LogP contribution in [0.1, 0.15) is 30.5 Å². The number of rotatable bonds is 8. The molecule has 9 heteroatoms. The van der Waals surface area contributed by atoms with Gasteiger partial charge in [0, 0.05) is 23.8 Å². The van der Waals surface area contributed by atoms with Crippen LogP contribution in [0.25, 0.3) is 0 Å². The zero-order chi connectivity index (χ0) is 23.7. The van der Waals surface area contributed by atoms with Crippen molar-refractivity contribution in [3.63, 3.8) is 0 Å². The third kappa shape index (κ3) is 6.19. The zero-order valence-corrected chi connectivity index (χ0v) is 21.3. The molecule has 0 aliphatic rings. The van der Waals surface area contributed by atoms with E-state index in [9.17, 15) is 13.5 Å². The highest BCUT2D eigenvalue weighted by atomic mass is 35.5. The molecule has 2 rings (SSSR count). The maximum absolute atomic E-state index is 13.1. The second-order valence-electron chi connectivity index (χ2n) is 8.98. The fourth-order valence-electron chi connectivity index (χ4n) is 3.79. The average Bonchev–Trinajstić information content (AvgIpc) is 2.60. The first-order valence-corrected chi connectivity index (χ1v) is 12.1. The highest BCUT2D eigenvalue weighted by molar-refractivity contribution is 7.92. The lowest BCUT2D eigenvalue weighted by atomic mass is 9.92. The van der Waals surface area contributed by atoms with Gasteiger partial charge in [-0.25, -0.2) is 8.42 Å². The van der Waals surface area contributed by atoms with E-state index in [1.165, 1.54) is 12.1 Å². The minimum absolute atomic E-state index is 0.0102. The van der Waals surface area contributed by atoms with E-state index in [0.29, 0.717) is 12.2 Å². The van der Waals surface area contributed by atoms with E-state index in [0.717, 1.165) is 28.9 Å². The van der Waals surface area contributed by atoms with Crippen LogP contribution in [0.4, 0.5) is 11.4 Å². The van der Waals surface area contributed by atoms with Gasteiger partial charge >= 0.3 is 0 Å². The van der Waals surface area contributed by atoms with E-state index in [4.69, 9.17) is 23.2 Å². The molecule has 0 unspecified atom stereocenters. The van der Waals surface area contributed by atoms with Crippen LogP contribution in [0, 0.1) is 26.2 Å². The summed E-state index contributed by atoms with van der Waals surface area (Å²) in [6.07, 6.45) is 0. The molecule has 0 bridgehead atoms. The van der Waals surface area contributed by atoms with Crippen molar-refractivity contribution in [2.45, 2.75) is 39.5 Å². The van der Waals surface area contributed by atoms with Gasteiger partial charge < -0.3 is 15.3 Å². The van der Waals surface area contributed by atoms with Crippen molar-refractivity contribution >= 4 is 44.6 Å². The van der Waals surface area contributed by atoms with E-state index in [1.807, 2.05) is 40.9 Å². The van der Waals surface area contributed by atoms with Crippen molar-refractivity contribution < 1.29 is 13.5 Å². The zero-order valence-electron chi connectivity index (χ0n) is 19.0.